The zero-order valence-corrected chi connectivity index (χ0v) is 8.25. The number of nitrogens with one attached hydrogen (secondary N) is 1. The summed E-state index contributed by atoms with van der Waals surface area (Å²) in [5.74, 6) is 0.193. The van der Waals surface area contributed by atoms with E-state index in [1.165, 1.54) is 19.3 Å². The molecule has 1 heterocycles. The molecule has 0 aromatic heterocycles. The van der Waals surface area contributed by atoms with Crippen LogP contribution in [0.5, 0.6) is 0 Å². The van der Waals surface area contributed by atoms with Crippen molar-refractivity contribution in [1.82, 2.24) is 5.32 Å². The summed E-state index contributed by atoms with van der Waals surface area (Å²) >= 11 is 0. The minimum Gasteiger partial charge on any atom is -0.481 e. The molecule has 2 N–H and O–H groups in total. The van der Waals surface area contributed by atoms with Crippen LogP contribution in [-0.2, 0) is 4.79 Å². The van der Waals surface area contributed by atoms with E-state index in [4.69, 9.17) is 5.11 Å². The molecule has 0 amide bonds. The third kappa shape index (κ3) is 3.77. The van der Waals surface area contributed by atoms with E-state index in [1.54, 1.807) is 0 Å². The van der Waals surface area contributed by atoms with Crippen LogP contribution < -0.4 is 5.32 Å². The monoisotopic (exact) mass is 185 g/mol. The van der Waals surface area contributed by atoms with Crippen molar-refractivity contribution in [2.75, 3.05) is 13.1 Å². The highest BCUT2D eigenvalue weighted by Crippen LogP contribution is 2.22. The first kappa shape index (κ1) is 10.5. The Bertz CT molecular complexity index is 162. The maximum atomic E-state index is 10.5. The fourth-order valence-corrected chi connectivity index (χ4v) is 1.97. The molecule has 0 saturated carbocycles. The van der Waals surface area contributed by atoms with Gasteiger partial charge in [0, 0.05) is 6.42 Å². The normalized spacial score (nSPS) is 26.4. The first-order chi connectivity index (χ1) is 6.20. The summed E-state index contributed by atoms with van der Waals surface area (Å²) in [5.41, 5.74) is 0. The van der Waals surface area contributed by atoms with Crippen molar-refractivity contribution in [2.24, 2.45) is 11.8 Å². The number of hydrogen-bond acceptors (Lipinski definition) is 2. The fourth-order valence-electron chi connectivity index (χ4n) is 1.97. The molecule has 0 aromatic carbocycles. The van der Waals surface area contributed by atoms with Gasteiger partial charge in [-0.3, -0.25) is 4.79 Å². The van der Waals surface area contributed by atoms with Gasteiger partial charge in [-0.05, 0) is 37.8 Å². The van der Waals surface area contributed by atoms with Crippen LogP contribution in [0.15, 0.2) is 0 Å². The van der Waals surface area contributed by atoms with E-state index in [1.807, 2.05) is 6.92 Å². The first-order valence-electron chi connectivity index (χ1n) is 5.12. The zero-order chi connectivity index (χ0) is 9.68. The molecule has 0 bridgehead atoms. The second-order valence-corrected chi connectivity index (χ2v) is 4.04. The van der Waals surface area contributed by atoms with E-state index in [0.29, 0.717) is 18.3 Å². The predicted octanol–water partition coefficient (Wildman–Crippen LogP) is 1.49. The Hall–Kier alpha value is -0.570. The van der Waals surface area contributed by atoms with Crippen molar-refractivity contribution in [3.05, 3.63) is 0 Å². The highest BCUT2D eigenvalue weighted by molar-refractivity contribution is 5.66. The number of aliphatic carboxylic acids is 1. The maximum Gasteiger partial charge on any atom is 0.303 e. The molecule has 1 rings (SSSR count). The van der Waals surface area contributed by atoms with Gasteiger partial charge in [0.05, 0.1) is 0 Å². The Balaban J connectivity index is 2.34. The predicted molar refractivity (Wildman–Crippen MR) is 51.6 cm³/mol. The molecule has 1 aliphatic heterocycles. The van der Waals surface area contributed by atoms with Gasteiger partial charge in [0.25, 0.3) is 0 Å². The van der Waals surface area contributed by atoms with Crippen LogP contribution in [0.2, 0.25) is 0 Å². The number of rotatable bonds is 3. The molecule has 1 saturated heterocycles. The van der Waals surface area contributed by atoms with Gasteiger partial charge < -0.3 is 10.4 Å². The molecule has 3 heteroatoms. The van der Waals surface area contributed by atoms with Gasteiger partial charge in [-0.15, -0.1) is 0 Å². The number of carbonyl (C=O) groups is 1. The minimum absolute atomic E-state index is 0.308. The zero-order valence-electron chi connectivity index (χ0n) is 8.25. The average Bonchev–Trinajstić information content (AvgIpc) is 2.29. The highest BCUT2D eigenvalue weighted by atomic mass is 16.4. The molecule has 0 aliphatic carbocycles. The highest BCUT2D eigenvalue weighted by Gasteiger charge is 2.20. The van der Waals surface area contributed by atoms with Crippen molar-refractivity contribution in [3.63, 3.8) is 0 Å². The largest absolute Gasteiger partial charge is 0.481 e. The average molecular weight is 185 g/mol. The Morgan fingerprint density at radius 2 is 2.38 bits per heavy atom. The summed E-state index contributed by atoms with van der Waals surface area (Å²) in [5, 5.41) is 12.0. The van der Waals surface area contributed by atoms with Gasteiger partial charge in [-0.25, -0.2) is 0 Å². The summed E-state index contributed by atoms with van der Waals surface area (Å²) in [6.45, 7) is 4.14. The van der Waals surface area contributed by atoms with Gasteiger partial charge in [-0.2, -0.15) is 0 Å². The van der Waals surface area contributed by atoms with Crippen LogP contribution >= 0.6 is 0 Å². The van der Waals surface area contributed by atoms with Crippen LogP contribution in [0.4, 0.5) is 0 Å². The Morgan fingerprint density at radius 3 is 3.08 bits per heavy atom. The molecule has 76 valence electrons. The van der Waals surface area contributed by atoms with Crippen molar-refractivity contribution in [1.29, 1.82) is 0 Å². The molecule has 2 atom stereocenters. The number of carboxylic acid groups (broad SMARTS) is 1. The lowest BCUT2D eigenvalue weighted by molar-refractivity contribution is -0.138. The van der Waals surface area contributed by atoms with Gasteiger partial charge in [0.1, 0.15) is 0 Å². The standard InChI is InChI=1S/C10H19NO2/c1-8(6-10(12)13)9-4-2-3-5-11-7-9/h8-9,11H,2-7H2,1H3,(H,12,13). The molecule has 0 spiro atoms. The van der Waals surface area contributed by atoms with E-state index in [0.717, 1.165) is 13.1 Å². The van der Waals surface area contributed by atoms with Crippen LogP contribution in [0.25, 0.3) is 0 Å². The first-order valence-corrected chi connectivity index (χ1v) is 5.12. The molecule has 13 heavy (non-hydrogen) atoms. The second-order valence-electron chi connectivity index (χ2n) is 4.04. The minimum atomic E-state index is -0.670. The van der Waals surface area contributed by atoms with Crippen LogP contribution in [-0.4, -0.2) is 24.2 Å². The van der Waals surface area contributed by atoms with E-state index >= 15 is 0 Å². The third-order valence-corrected chi connectivity index (χ3v) is 2.89. The Kier molecular flexibility index (Phi) is 4.22. The summed E-state index contributed by atoms with van der Waals surface area (Å²) in [6.07, 6.45) is 3.96. The quantitative estimate of drug-likeness (QED) is 0.700. The van der Waals surface area contributed by atoms with Gasteiger partial charge in [0.15, 0.2) is 0 Å². The SMILES string of the molecule is CC(CC(=O)O)C1CCCCNC1. The lowest BCUT2D eigenvalue weighted by atomic mass is 9.88. The maximum absolute atomic E-state index is 10.5. The molecule has 2 unspecified atom stereocenters. The third-order valence-electron chi connectivity index (χ3n) is 2.89. The van der Waals surface area contributed by atoms with E-state index in [-0.39, 0.29) is 0 Å². The van der Waals surface area contributed by atoms with Gasteiger partial charge in [-0.1, -0.05) is 13.3 Å². The van der Waals surface area contributed by atoms with Crippen molar-refractivity contribution >= 4 is 5.97 Å². The topological polar surface area (TPSA) is 49.3 Å². The second kappa shape index (κ2) is 5.22. The van der Waals surface area contributed by atoms with Gasteiger partial charge >= 0.3 is 5.97 Å². The Morgan fingerprint density at radius 1 is 1.62 bits per heavy atom. The lowest BCUT2D eigenvalue weighted by Crippen LogP contribution is -2.26. The number of hydrogen-bond donors (Lipinski definition) is 2. The van der Waals surface area contributed by atoms with Crippen LogP contribution in [0.3, 0.4) is 0 Å². The van der Waals surface area contributed by atoms with Crippen molar-refractivity contribution in [3.8, 4) is 0 Å². The molecule has 1 aliphatic rings. The Labute approximate surface area is 79.5 Å². The van der Waals surface area contributed by atoms with Crippen molar-refractivity contribution < 1.29 is 9.90 Å². The molecular formula is C10H19NO2. The van der Waals surface area contributed by atoms with Crippen LogP contribution in [0, 0.1) is 11.8 Å². The molecule has 3 nitrogen and oxygen atoms in total. The van der Waals surface area contributed by atoms with Crippen molar-refractivity contribution in [2.45, 2.75) is 32.6 Å². The van der Waals surface area contributed by atoms with E-state index < -0.39 is 5.97 Å². The lowest BCUT2D eigenvalue weighted by Gasteiger charge is -2.20. The summed E-state index contributed by atoms with van der Waals surface area (Å²) in [7, 11) is 0. The molecule has 0 radical (unpaired) electrons. The van der Waals surface area contributed by atoms with Crippen LogP contribution in [0.1, 0.15) is 32.6 Å². The molecule has 0 aromatic rings. The van der Waals surface area contributed by atoms with E-state index in [9.17, 15) is 4.79 Å². The molecule has 1 fully saturated rings. The fraction of sp³-hybridized carbons (Fsp3) is 0.900. The smallest absolute Gasteiger partial charge is 0.303 e. The summed E-state index contributed by atoms with van der Waals surface area (Å²) < 4.78 is 0. The number of carboxylic acids is 1. The van der Waals surface area contributed by atoms with E-state index in [2.05, 4.69) is 5.32 Å². The molecular weight excluding hydrogens is 166 g/mol. The summed E-state index contributed by atoms with van der Waals surface area (Å²) in [4.78, 5) is 10.5. The van der Waals surface area contributed by atoms with Gasteiger partial charge in [0.2, 0.25) is 0 Å². The summed E-state index contributed by atoms with van der Waals surface area (Å²) in [6, 6.07) is 0.